The van der Waals surface area contributed by atoms with Crippen LogP contribution < -0.4 is 24.0 Å². The highest BCUT2D eigenvalue weighted by Gasteiger charge is 2.52. The van der Waals surface area contributed by atoms with Crippen LogP contribution >= 0.6 is 38.5 Å². The molecule has 0 aromatic heterocycles. The van der Waals surface area contributed by atoms with E-state index in [-0.39, 0.29) is 24.0 Å². The number of benzene rings is 2. The largest absolute Gasteiger partial charge is 1.00 e. The fourth-order valence-corrected chi connectivity index (χ4v) is 5.93. The Morgan fingerprint density at radius 1 is 1.10 bits per heavy atom. The number of fused-ring (bicyclic) bond motifs is 1. The molecule has 2 bridgehead atoms. The van der Waals surface area contributed by atoms with Crippen LogP contribution in [0.2, 0.25) is 0 Å². The molecule has 3 nitrogen and oxygen atoms in total. The Labute approximate surface area is 225 Å². The molecule has 0 saturated heterocycles. The molecule has 5 rings (SSSR count). The third-order valence-electron chi connectivity index (χ3n) is 6.95. The molecule has 1 fully saturated rings. The Morgan fingerprint density at radius 3 is 2.52 bits per heavy atom. The molecule has 2 unspecified atom stereocenters. The first-order valence-electron chi connectivity index (χ1n) is 10.6. The standard InChI is InChI=1S/C25H30BrIN3.HI/c1-25(2)19-10-9-17(21(25)14-19)15-30(3,4)16-18-13-20(11-12-23(18)27)28-29-24-8-6-5-7-22(24)26;/h5-9,11-13,19,21H,10,14-16H2,1-4H3;1H/q+1;/p-1. The minimum Gasteiger partial charge on any atom is -1.00 e. The lowest BCUT2D eigenvalue weighted by Crippen LogP contribution is -3.00. The number of nitrogens with zero attached hydrogens (tertiary/aromatic N) is 3. The van der Waals surface area contributed by atoms with Gasteiger partial charge in [0.15, 0.2) is 0 Å². The van der Waals surface area contributed by atoms with Crippen LogP contribution in [-0.4, -0.2) is 25.1 Å². The summed E-state index contributed by atoms with van der Waals surface area (Å²) in [7, 11) is 4.70. The maximum absolute atomic E-state index is 4.50. The van der Waals surface area contributed by atoms with E-state index in [2.05, 4.69) is 94.9 Å². The molecule has 0 amide bonds. The minimum absolute atomic E-state index is 0. The fourth-order valence-electron chi connectivity index (χ4n) is 5.06. The average molecular weight is 706 g/mol. The van der Waals surface area contributed by atoms with E-state index in [0.29, 0.717) is 5.41 Å². The number of quaternary nitrogens is 1. The average Bonchev–Trinajstić information content (AvgIpc) is 2.69. The number of likely N-dealkylation sites (N-methyl/N-ethyl adjacent to an activating group) is 1. The van der Waals surface area contributed by atoms with Crippen molar-refractivity contribution in [3.05, 3.63) is 67.7 Å². The molecule has 2 aromatic carbocycles. The van der Waals surface area contributed by atoms with Crippen LogP contribution in [0.15, 0.2) is 68.8 Å². The normalized spacial score (nSPS) is 21.9. The second-order valence-corrected chi connectivity index (χ2v) is 12.0. The van der Waals surface area contributed by atoms with E-state index in [1.807, 2.05) is 30.3 Å². The topological polar surface area (TPSA) is 24.7 Å². The van der Waals surface area contributed by atoms with Crippen molar-refractivity contribution < 1.29 is 28.5 Å². The smallest absolute Gasteiger partial charge is 0.105 e. The zero-order valence-electron chi connectivity index (χ0n) is 18.6. The second-order valence-electron chi connectivity index (χ2n) is 10.0. The summed E-state index contributed by atoms with van der Waals surface area (Å²) in [6, 6.07) is 14.3. The van der Waals surface area contributed by atoms with Crippen molar-refractivity contribution in [1.82, 2.24) is 0 Å². The zero-order valence-corrected chi connectivity index (χ0v) is 24.5. The van der Waals surface area contributed by atoms with Gasteiger partial charge in [-0.05, 0) is 105 Å². The van der Waals surface area contributed by atoms with E-state index in [0.717, 1.165) is 45.3 Å². The lowest BCUT2D eigenvalue weighted by Gasteiger charge is -2.57. The van der Waals surface area contributed by atoms with Gasteiger partial charge >= 0.3 is 0 Å². The number of hydrogen-bond acceptors (Lipinski definition) is 2. The molecule has 3 aliphatic rings. The number of azo groups is 1. The molecular weight excluding hydrogens is 676 g/mol. The third-order valence-corrected chi connectivity index (χ3v) is 8.67. The van der Waals surface area contributed by atoms with E-state index in [1.54, 1.807) is 5.57 Å². The van der Waals surface area contributed by atoms with Gasteiger partial charge in [0.25, 0.3) is 0 Å². The van der Waals surface area contributed by atoms with Crippen molar-refractivity contribution in [1.29, 1.82) is 0 Å². The number of hydrogen-bond donors (Lipinski definition) is 0. The van der Waals surface area contributed by atoms with Crippen LogP contribution in [-0.2, 0) is 6.54 Å². The fraction of sp³-hybridized carbons (Fsp3) is 0.440. The molecule has 166 valence electrons. The monoisotopic (exact) mass is 705 g/mol. The Kier molecular flexibility index (Phi) is 8.07. The van der Waals surface area contributed by atoms with Crippen molar-refractivity contribution >= 4 is 49.9 Å². The quantitative estimate of drug-likeness (QED) is 0.174. The van der Waals surface area contributed by atoms with Gasteiger partial charge in [-0.3, -0.25) is 0 Å². The molecule has 0 heterocycles. The molecule has 2 atom stereocenters. The van der Waals surface area contributed by atoms with Crippen molar-refractivity contribution in [2.45, 2.75) is 33.2 Å². The van der Waals surface area contributed by atoms with E-state index < -0.39 is 0 Å². The first-order chi connectivity index (χ1) is 14.2. The lowest BCUT2D eigenvalue weighted by atomic mass is 9.49. The summed E-state index contributed by atoms with van der Waals surface area (Å²) in [4.78, 5) is 0. The summed E-state index contributed by atoms with van der Waals surface area (Å²) in [5.41, 5.74) is 5.25. The molecule has 2 aromatic rings. The summed E-state index contributed by atoms with van der Waals surface area (Å²) >= 11 is 5.98. The van der Waals surface area contributed by atoms with Crippen molar-refractivity contribution in [3.8, 4) is 0 Å². The van der Waals surface area contributed by atoms with E-state index in [4.69, 9.17) is 0 Å². The molecule has 0 N–H and O–H groups in total. The SMILES string of the molecule is CC1(C)C2CC=C(C[N+](C)(C)Cc3cc(N=Nc4ccccc4Br)ccc3I)C1C2.[I-]. The molecule has 6 heteroatoms. The predicted molar refractivity (Wildman–Crippen MR) is 136 cm³/mol. The number of rotatable bonds is 6. The van der Waals surface area contributed by atoms with Gasteiger partial charge in [-0.15, -0.1) is 5.11 Å². The van der Waals surface area contributed by atoms with Gasteiger partial charge in [0.05, 0.1) is 25.5 Å². The predicted octanol–water partition coefficient (Wildman–Crippen LogP) is 5.04. The van der Waals surface area contributed by atoms with Gasteiger partial charge in [-0.25, -0.2) is 0 Å². The Morgan fingerprint density at radius 2 is 1.84 bits per heavy atom. The van der Waals surface area contributed by atoms with Crippen molar-refractivity contribution in [3.63, 3.8) is 0 Å². The van der Waals surface area contributed by atoms with Gasteiger partial charge in [-0.1, -0.05) is 32.1 Å². The van der Waals surface area contributed by atoms with Crippen LogP contribution in [0.4, 0.5) is 11.4 Å². The van der Waals surface area contributed by atoms with Gasteiger partial charge < -0.3 is 28.5 Å². The minimum atomic E-state index is 0. The number of allylic oxidation sites excluding steroid dienone is 1. The second kappa shape index (κ2) is 9.89. The molecule has 0 spiro atoms. The van der Waals surface area contributed by atoms with Crippen LogP contribution in [0.5, 0.6) is 0 Å². The first kappa shape index (κ1) is 25.3. The van der Waals surface area contributed by atoms with Crippen LogP contribution in [0, 0.1) is 20.8 Å². The molecule has 0 aliphatic heterocycles. The summed E-state index contributed by atoms with van der Waals surface area (Å²) in [5, 5.41) is 8.93. The van der Waals surface area contributed by atoms with Crippen molar-refractivity contribution in [2.24, 2.45) is 27.5 Å². The highest BCUT2D eigenvalue weighted by Crippen LogP contribution is 2.59. The lowest BCUT2D eigenvalue weighted by molar-refractivity contribution is -0.899. The van der Waals surface area contributed by atoms with E-state index in [1.165, 1.54) is 22.0 Å². The highest BCUT2D eigenvalue weighted by atomic mass is 127. The van der Waals surface area contributed by atoms with Crippen molar-refractivity contribution in [2.75, 3.05) is 20.6 Å². The summed E-state index contributed by atoms with van der Waals surface area (Å²) in [5.74, 6) is 1.67. The zero-order chi connectivity index (χ0) is 21.5. The maximum Gasteiger partial charge on any atom is 0.105 e. The highest BCUT2D eigenvalue weighted by molar-refractivity contribution is 14.1. The molecule has 31 heavy (non-hydrogen) atoms. The summed E-state index contributed by atoms with van der Waals surface area (Å²) in [6.45, 7) is 7.03. The molecule has 0 radical (unpaired) electrons. The maximum atomic E-state index is 4.50. The molecular formula is C25H30BrI2N3. The Bertz CT molecular complexity index is 1010. The summed E-state index contributed by atoms with van der Waals surface area (Å²) in [6.07, 6.45) is 5.19. The van der Waals surface area contributed by atoms with E-state index >= 15 is 0 Å². The van der Waals surface area contributed by atoms with Gasteiger partial charge in [-0.2, -0.15) is 5.11 Å². The van der Waals surface area contributed by atoms with Crippen LogP contribution in [0.25, 0.3) is 0 Å². The first-order valence-corrected chi connectivity index (χ1v) is 12.5. The molecule has 1 saturated carbocycles. The Balaban J connectivity index is 0.00000272. The molecule has 3 aliphatic carbocycles. The Hall–Kier alpha value is -0.320. The summed E-state index contributed by atoms with van der Waals surface area (Å²) < 4.78 is 3.21. The van der Waals surface area contributed by atoms with Crippen LogP contribution in [0.3, 0.4) is 0 Å². The third kappa shape index (κ3) is 5.61. The van der Waals surface area contributed by atoms with Crippen LogP contribution in [0.1, 0.15) is 32.3 Å². The van der Waals surface area contributed by atoms with Gasteiger partial charge in [0.1, 0.15) is 13.1 Å². The number of halogens is 3. The van der Waals surface area contributed by atoms with Gasteiger partial charge in [0.2, 0.25) is 0 Å². The van der Waals surface area contributed by atoms with Gasteiger partial charge in [0, 0.05) is 13.6 Å². The van der Waals surface area contributed by atoms with E-state index in [9.17, 15) is 0 Å².